The first kappa shape index (κ1) is 16.3. The summed E-state index contributed by atoms with van der Waals surface area (Å²) in [6.07, 6.45) is -1.09. The van der Waals surface area contributed by atoms with Crippen molar-refractivity contribution in [3.63, 3.8) is 0 Å². The number of nitro groups is 1. The number of aromatic amines is 1. The first-order valence-corrected chi connectivity index (χ1v) is 8.14. The van der Waals surface area contributed by atoms with Crippen LogP contribution in [0.25, 0.3) is 11.0 Å². The maximum atomic E-state index is 12.6. The van der Waals surface area contributed by atoms with Crippen LogP contribution in [-0.4, -0.2) is 31.3 Å². The predicted octanol–water partition coefficient (Wildman–Crippen LogP) is 2.36. The lowest BCUT2D eigenvalue weighted by molar-refractivity contribution is -0.385. The Morgan fingerprint density at radius 2 is 2.00 bits per heavy atom. The number of aliphatic hydroxyl groups is 1. The van der Waals surface area contributed by atoms with Crippen molar-refractivity contribution in [1.29, 1.82) is 0 Å². The number of hydrogen-bond acceptors (Lipinski definition) is 5. The molecule has 0 saturated carbocycles. The first-order valence-electron chi connectivity index (χ1n) is 8.14. The van der Waals surface area contributed by atoms with Gasteiger partial charge in [0.25, 0.3) is 5.69 Å². The summed E-state index contributed by atoms with van der Waals surface area (Å²) in [6.45, 7) is 3.43. The standard InChI is InChI=1S/C18H17N3O5/c1-18(2)16(22)15(11-9-10(21(24)25)7-8-14(11)26-18)20-13-6-4-3-5-12(13)19-17(20)23/h3-9,15-16,22H,1-2H3,(H,19,23)/t15-,16+/m0/s1. The molecule has 1 aliphatic rings. The number of rotatable bonds is 2. The van der Waals surface area contributed by atoms with Crippen LogP contribution < -0.4 is 10.4 Å². The Morgan fingerprint density at radius 1 is 1.27 bits per heavy atom. The van der Waals surface area contributed by atoms with Crippen molar-refractivity contribution >= 4 is 16.7 Å². The number of fused-ring (bicyclic) bond motifs is 2. The second-order valence-electron chi connectivity index (χ2n) is 6.89. The van der Waals surface area contributed by atoms with Gasteiger partial charge in [-0.3, -0.25) is 14.7 Å². The summed E-state index contributed by atoms with van der Waals surface area (Å²) in [5.74, 6) is 0.410. The zero-order valence-corrected chi connectivity index (χ0v) is 14.2. The van der Waals surface area contributed by atoms with Gasteiger partial charge in [-0.1, -0.05) is 12.1 Å². The van der Waals surface area contributed by atoms with E-state index in [9.17, 15) is 20.0 Å². The van der Waals surface area contributed by atoms with Gasteiger partial charge >= 0.3 is 5.69 Å². The zero-order valence-electron chi connectivity index (χ0n) is 14.2. The molecule has 0 spiro atoms. The predicted molar refractivity (Wildman–Crippen MR) is 94.5 cm³/mol. The molecular formula is C18H17N3O5. The normalized spacial score (nSPS) is 21.2. The van der Waals surface area contributed by atoms with Gasteiger partial charge in [0.15, 0.2) is 0 Å². The lowest BCUT2D eigenvalue weighted by Crippen LogP contribution is -2.51. The van der Waals surface area contributed by atoms with Crippen LogP contribution in [0.5, 0.6) is 5.75 Å². The van der Waals surface area contributed by atoms with Crippen LogP contribution in [0, 0.1) is 10.1 Å². The number of benzene rings is 2. The van der Waals surface area contributed by atoms with E-state index in [-0.39, 0.29) is 5.69 Å². The molecule has 1 aromatic heterocycles. The van der Waals surface area contributed by atoms with Gasteiger partial charge in [-0.05, 0) is 32.0 Å². The summed E-state index contributed by atoms with van der Waals surface area (Å²) >= 11 is 0. The number of ether oxygens (including phenoxy) is 1. The fourth-order valence-corrected chi connectivity index (χ4v) is 3.50. The molecule has 0 bridgehead atoms. The second-order valence-corrected chi connectivity index (χ2v) is 6.89. The van der Waals surface area contributed by atoms with E-state index in [0.29, 0.717) is 22.3 Å². The summed E-state index contributed by atoms with van der Waals surface area (Å²) in [4.78, 5) is 26.1. The lowest BCUT2D eigenvalue weighted by atomic mass is 9.86. The third kappa shape index (κ3) is 2.30. The summed E-state index contributed by atoms with van der Waals surface area (Å²) in [5, 5.41) is 22.2. The van der Waals surface area contributed by atoms with E-state index in [2.05, 4.69) is 4.98 Å². The average molecular weight is 355 g/mol. The SMILES string of the molecule is CC1(C)Oc2ccc([N+](=O)[O-])cc2[C@H](n2c(=O)[nH]c3ccccc32)[C@H]1O. The first-order chi connectivity index (χ1) is 12.3. The van der Waals surface area contributed by atoms with Crippen LogP contribution in [0.4, 0.5) is 5.69 Å². The molecule has 2 atom stereocenters. The third-order valence-electron chi connectivity index (χ3n) is 4.81. The van der Waals surface area contributed by atoms with E-state index in [1.54, 1.807) is 38.1 Å². The zero-order chi connectivity index (χ0) is 18.6. The molecule has 26 heavy (non-hydrogen) atoms. The highest BCUT2D eigenvalue weighted by atomic mass is 16.6. The molecule has 134 valence electrons. The Morgan fingerprint density at radius 3 is 2.73 bits per heavy atom. The molecule has 0 fully saturated rings. The van der Waals surface area contributed by atoms with Gasteiger partial charge in [-0.25, -0.2) is 4.79 Å². The van der Waals surface area contributed by atoms with Crippen molar-refractivity contribution in [2.45, 2.75) is 31.6 Å². The van der Waals surface area contributed by atoms with Gasteiger partial charge < -0.3 is 14.8 Å². The molecule has 0 radical (unpaired) electrons. The molecular weight excluding hydrogens is 338 g/mol. The fraction of sp³-hybridized carbons (Fsp3) is 0.278. The molecule has 0 amide bonds. The van der Waals surface area contributed by atoms with Crippen molar-refractivity contribution < 1.29 is 14.8 Å². The minimum atomic E-state index is -1.09. The molecule has 4 rings (SSSR count). The highest BCUT2D eigenvalue weighted by Gasteiger charge is 2.45. The Kier molecular flexibility index (Phi) is 3.42. The number of imidazole rings is 1. The quantitative estimate of drug-likeness (QED) is 0.541. The Balaban J connectivity index is 2.03. The number of nitrogens with zero attached hydrogens (tertiary/aromatic N) is 2. The topological polar surface area (TPSA) is 110 Å². The van der Waals surface area contributed by atoms with Crippen molar-refractivity contribution in [1.82, 2.24) is 9.55 Å². The number of hydrogen-bond donors (Lipinski definition) is 2. The van der Waals surface area contributed by atoms with E-state index < -0.39 is 28.4 Å². The van der Waals surface area contributed by atoms with E-state index in [1.165, 1.54) is 22.8 Å². The molecule has 0 unspecified atom stereocenters. The van der Waals surface area contributed by atoms with Crippen LogP contribution >= 0.6 is 0 Å². The smallest absolute Gasteiger partial charge is 0.327 e. The molecule has 0 aliphatic carbocycles. The van der Waals surface area contributed by atoms with E-state index in [1.807, 2.05) is 0 Å². The highest BCUT2D eigenvalue weighted by Crippen LogP contribution is 2.43. The Labute approximate surface area is 147 Å². The van der Waals surface area contributed by atoms with Gasteiger partial charge in [0.2, 0.25) is 0 Å². The molecule has 2 heterocycles. The maximum absolute atomic E-state index is 12.6. The number of non-ortho nitro benzene ring substituents is 1. The molecule has 2 aromatic carbocycles. The largest absolute Gasteiger partial charge is 0.485 e. The van der Waals surface area contributed by atoms with Crippen LogP contribution in [-0.2, 0) is 0 Å². The minimum Gasteiger partial charge on any atom is -0.485 e. The summed E-state index contributed by atoms with van der Waals surface area (Å²) < 4.78 is 7.29. The van der Waals surface area contributed by atoms with Crippen LogP contribution in [0.2, 0.25) is 0 Å². The lowest BCUT2D eigenvalue weighted by Gasteiger charge is -2.42. The molecule has 0 saturated heterocycles. The number of aliphatic hydroxyl groups excluding tert-OH is 1. The average Bonchev–Trinajstić information content (AvgIpc) is 2.91. The third-order valence-corrected chi connectivity index (χ3v) is 4.81. The van der Waals surface area contributed by atoms with Crippen LogP contribution in [0.15, 0.2) is 47.3 Å². The fourth-order valence-electron chi connectivity index (χ4n) is 3.50. The van der Waals surface area contributed by atoms with E-state index >= 15 is 0 Å². The highest BCUT2D eigenvalue weighted by molar-refractivity contribution is 5.75. The van der Waals surface area contributed by atoms with E-state index in [4.69, 9.17) is 4.74 Å². The second kappa shape index (κ2) is 5.43. The molecule has 2 N–H and O–H groups in total. The summed E-state index contributed by atoms with van der Waals surface area (Å²) in [5.41, 5.74) is 0.129. The van der Waals surface area contributed by atoms with Gasteiger partial charge in [0.05, 0.1) is 22.0 Å². The van der Waals surface area contributed by atoms with Crippen molar-refractivity contribution in [3.8, 4) is 5.75 Å². The number of aromatic nitrogens is 2. The molecule has 1 aliphatic heterocycles. The number of nitrogens with one attached hydrogen (secondary N) is 1. The minimum absolute atomic E-state index is 0.128. The number of para-hydroxylation sites is 2. The summed E-state index contributed by atoms with van der Waals surface area (Å²) in [7, 11) is 0. The Hall–Kier alpha value is -3.13. The maximum Gasteiger partial charge on any atom is 0.327 e. The van der Waals surface area contributed by atoms with Gasteiger partial charge in [-0.15, -0.1) is 0 Å². The van der Waals surface area contributed by atoms with Crippen molar-refractivity contribution in [2.75, 3.05) is 0 Å². The number of nitro benzene ring substituents is 1. The molecule has 8 nitrogen and oxygen atoms in total. The van der Waals surface area contributed by atoms with Gasteiger partial charge in [-0.2, -0.15) is 0 Å². The van der Waals surface area contributed by atoms with Crippen molar-refractivity contribution in [2.24, 2.45) is 0 Å². The van der Waals surface area contributed by atoms with E-state index in [0.717, 1.165) is 0 Å². The van der Waals surface area contributed by atoms with Crippen LogP contribution in [0.1, 0.15) is 25.5 Å². The molecule has 3 aromatic rings. The van der Waals surface area contributed by atoms with Gasteiger partial charge in [0.1, 0.15) is 17.5 Å². The Bertz CT molecular complexity index is 1080. The van der Waals surface area contributed by atoms with Gasteiger partial charge in [0, 0.05) is 17.7 Å². The number of H-pyrrole nitrogens is 1. The summed E-state index contributed by atoms with van der Waals surface area (Å²) in [6, 6.07) is 10.5. The molecule has 8 heteroatoms. The monoisotopic (exact) mass is 355 g/mol. The van der Waals surface area contributed by atoms with Crippen LogP contribution in [0.3, 0.4) is 0 Å². The van der Waals surface area contributed by atoms with Crippen molar-refractivity contribution in [3.05, 3.63) is 68.6 Å².